The Morgan fingerprint density at radius 2 is 1.70 bits per heavy atom. The van der Waals surface area contributed by atoms with Crippen LogP contribution in [-0.2, 0) is 9.53 Å². The molecular formula is C21H27ClFNO3. The highest BCUT2D eigenvalue weighted by Gasteiger charge is 2.20. The van der Waals surface area contributed by atoms with Crippen molar-refractivity contribution in [1.29, 1.82) is 0 Å². The van der Waals surface area contributed by atoms with Crippen molar-refractivity contribution in [1.82, 2.24) is 0 Å². The summed E-state index contributed by atoms with van der Waals surface area (Å²) in [5, 5.41) is 0. The van der Waals surface area contributed by atoms with E-state index in [1.165, 1.54) is 0 Å². The van der Waals surface area contributed by atoms with Gasteiger partial charge in [0.2, 0.25) is 0 Å². The van der Waals surface area contributed by atoms with Gasteiger partial charge < -0.3 is 15.2 Å². The third-order valence-electron chi connectivity index (χ3n) is 4.40. The molecule has 0 aliphatic heterocycles. The van der Waals surface area contributed by atoms with Crippen LogP contribution in [-0.4, -0.2) is 19.7 Å². The van der Waals surface area contributed by atoms with Gasteiger partial charge in [0.25, 0.3) is 0 Å². The molecule has 0 aromatic heterocycles. The van der Waals surface area contributed by atoms with Gasteiger partial charge in [0.1, 0.15) is 11.6 Å². The second kappa shape index (κ2) is 9.72. The molecule has 0 heterocycles. The number of esters is 1. The van der Waals surface area contributed by atoms with E-state index in [1.807, 2.05) is 26.0 Å². The quantitative estimate of drug-likeness (QED) is 0.713. The molecule has 0 aliphatic carbocycles. The van der Waals surface area contributed by atoms with E-state index in [1.54, 1.807) is 33.1 Å². The number of hydrogen-bond donors (Lipinski definition) is 1. The van der Waals surface area contributed by atoms with Crippen molar-refractivity contribution in [3.8, 4) is 16.9 Å². The minimum Gasteiger partial charge on any atom is -0.497 e. The van der Waals surface area contributed by atoms with E-state index in [2.05, 4.69) is 0 Å². The second-order valence-corrected chi connectivity index (χ2v) is 6.45. The third-order valence-corrected chi connectivity index (χ3v) is 4.40. The smallest absolute Gasteiger partial charge is 0.307 e. The third kappa shape index (κ3) is 5.21. The van der Waals surface area contributed by atoms with Crippen LogP contribution in [0.1, 0.15) is 41.6 Å². The van der Waals surface area contributed by atoms with E-state index < -0.39 is 12.0 Å². The van der Waals surface area contributed by atoms with Gasteiger partial charge in [-0.15, -0.1) is 12.4 Å². The predicted octanol–water partition coefficient (Wildman–Crippen LogP) is 4.80. The summed E-state index contributed by atoms with van der Waals surface area (Å²) in [4.78, 5) is 11.7. The van der Waals surface area contributed by atoms with E-state index in [9.17, 15) is 9.18 Å². The minimum absolute atomic E-state index is 0. The van der Waals surface area contributed by atoms with Crippen LogP contribution in [0.3, 0.4) is 0 Å². The number of hydrogen-bond acceptors (Lipinski definition) is 4. The summed E-state index contributed by atoms with van der Waals surface area (Å²) >= 11 is 0. The number of carbonyl (C=O) groups is 1. The van der Waals surface area contributed by atoms with Gasteiger partial charge in [-0.3, -0.25) is 4.79 Å². The van der Waals surface area contributed by atoms with Gasteiger partial charge >= 0.3 is 5.97 Å². The van der Waals surface area contributed by atoms with Crippen molar-refractivity contribution in [2.24, 2.45) is 5.73 Å². The Morgan fingerprint density at radius 3 is 2.22 bits per heavy atom. The summed E-state index contributed by atoms with van der Waals surface area (Å²) < 4.78 is 24.9. The summed E-state index contributed by atoms with van der Waals surface area (Å²) in [6.45, 7) is 7.68. The lowest BCUT2D eigenvalue weighted by atomic mass is 9.90. The van der Waals surface area contributed by atoms with Crippen molar-refractivity contribution >= 4 is 18.4 Å². The lowest BCUT2D eigenvalue weighted by Crippen LogP contribution is -2.19. The molecule has 2 aromatic rings. The Bertz CT molecular complexity index is 800. The first-order valence-corrected chi connectivity index (χ1v) is 8.65. The molecule has 0 saturated heterocycles. The summed E-state index contributed by atoms with van der Waals surface area (Å²) in [5.41, 5.74) is 10.9. The first-order valence-electron chi connectivity index (χ1n) is 8.65. The molecule has 2 N–H and O–H groups in total. The number of nitrogens with two attached hydrogens (primary N) is 1. The summed E-state index contributed by atoms with van der Waals surface area (Å²) in [6.07, 6.45) is -0.0613. The number of ether oxygens (including phenoxy) is 2. The van der Waals surface area contributed by atoms with Crippen molar-refractivity contribution in [2.75, 3.05) is 13.7 Å². The van der Waals surface area contributed by atoms with Gasteiger partial charge in [-0.05, 0) is 79.8 Å². The van der Waals surface area contributed by atoms with Crippen LogP contribution in [0.5, 0.6) is 5.75 Å². The molecule has 148 valence electrons. The number of benzene rings is 2. The molecule has 0 spiro atoms. The zero-order chi connectivity index (χ0) is 19.4. The predicted molar refractivity (Wildman–Crippen MR) is 108 cm³/mol. The molecule has 0 fully saturated rings. The van der Waals surface area contributed by atoms with Crippen molar-refractivity contribution < 1.29 is 18.7 Å². The van der Waals surface area contributed by atoms with Crippen LogP contribution in [0, 0.1) is 26.6 Å². The standard InChI is InChI=1S/C21H26FNO3.ClH/c1-6-26-19(24)11-18(23)17-10-15(7-14(4)21(17)22)20-12(2)8-16(25-5)9-13(20)3;/h7-10,18H,6,11,23H2,1-5H3;1H. The van der Waals surface area contributed by atoms with Crippen LogP contribution < -0.4 is 10.5 Å². The average Bonchev–Trinajstić information content (AvgIpc) is 2.57. The maximum atomic E-state index is 14.7. The lowest BCUT2D eigenvalue weighted by Gasteiger charge is -2.18. The summed E-state index contributed by atoms with van der Waals surface area (Å²) in [6, 6.07) is 6.66. The minimum atomic E-state index is -0.758. The molecule has 2 aromatic carbocycles. The van der Waals surface area contributed by atoms with E-state index in [0.717, 1.165) is 28.0 Å². The maximum Gasteiger partial charge on any atom is 0.307 e. The zero-order valence-corrected chi connectivity index (χ0v) is 17.2. The molecule has 0 saturated carbocycles. The summed E-state index contributed by atoms with van der Waals surface area (Å²) in [5.74, 6) is -0.0320. The Kier molecular flexibility index (Phi) is 8.25. The first kappa shape index (κ1) is 22.9. The molecule has 4 nitrogen and oxygen atoms in total. The Hall–Kier alpha value is -2.11. The maximum absolute atomic E-state index is 14.7. The Morgan fingerprint density at radius 1 is 1.11 bits per heavy atom. The number of rotatable bonds is 6. The number of aryl methyl sites for hydroxylation is 3. The lowest BCUT2D eigenvalue weighted by molar-refractivity contribution is -0.143. The molecular weight excluding hydrogens is 369 g/mol. The highest BCUT2D eigenvalue weighted by Crippen LogP contribution is 2.34. The average molecular weight is 396 g/mol. The molecule has 0 amide bonds. The molecule has 1 atom stereocenters. The van der Waals surface area contributed by atoms with Gasteiger partial charge in [0.05, 0.1) is 20.1 Å². The fourth-order valence-corrected chi connectivity index (χ4v) is 3.22. The fraction of sp³-hybridized carbons (Fsp3) is 0.381. The van der Waals surface area contributed by atoms with Gasteiger partial charge in [-0.25, -0.2) is 4.39 Å². The normalized spacial score (nSPS) is 11.5. The molecule has 6 heteroatoms. The molecule has 27 heavy (non-hydrogen) atoms. The van der Waals surface area contributed by atoms with Crippen LogP contribution in [0.4, 0.5) is 4.39 Å². The first-order chi connectivity index (χ1) is 12.3. The molecule has 0 aliphatic rings. The van der Waals surface area contributed by atoms with E-state index in [-0.39, 0.29) is 31.3 Å². The SMILES string of the molecule is CCOC(=O)CC(N)c1cc(-c2c(C)cc(OC)cc2C)cc(C)c1F.Cl. The van der Waals surface area contributed by atoms with Crippen molar-refractivity contribution in [3.63, 3.8) is 0 Å². The summed E-state index contributed by atoms with van der Waals surface area (Å²) in [7, 11) is 1.63. The molecule has 0 radical (unpaired) electrons. The highest BCUT2D eigenvalue weighted by molar-refractivity contribution is 5.85. The van der Waals surface area contributed by atoms with E-state index in [4.69, 9.17) is 15.2 Å². The van der Waals surface area contributed by atoms with E-state index >= 15 is 0 Å². The van der Waals surface area contributed by atoms with Gasteiger partial charge in [0.15, 0.2) is 0 Å². The van der Waals surface area contributed by atoms with Gasteiger partial charge in [0, 0.05) is 11.6 Å². The topological polar surface area (TPSA) is 61.5 Å². The van der Waals surface area contributed by atoms with Gasteiger partial charge in [-0.2, -0.15) is 0 Å². The van der Waals surface area contributed by atoms with Crippen LogP contribution >= 0.6 is 12.4 Å². The molecule has 2 rings (SSSR count). The largest absolute Gasteiger partial charge is 0.497 e. The van der Waals surface area contributed by atoms with Crippen molar-refractivity contribution in [3.05, 3.63) is 52.3 Å². The van der Waals surface area contributed by atoms with Gasteiger partial charge in [-0.1, -0.05) is 0 Å². The Labute approximate surface area is 166 Å². The monoisotopic (exact) mass is 395 g/mol. The zero-order valence-electron chi connectivity index (χ0n) is 16.4. The highest BCUT2D eigenvalue weighted by atomic mass is 35.5. The van der Waals surface area contributed by atoms with Crippen molar-refractivity contribution in [2.45, 2.75) is 40.2 Å². The number of halogens is 2. The van der Waals surface area contributed by atoms with Crippen LogP contribution in [0.2, 0.25) is 0 Å². The van der Waals surface area contributed by atoms with Crippen LogP contribution in [0.15, 0.2) is 24.3 Å². The molecule has 1 unspecified atom stereocenters. The molecule has 0 bridgehead atoms. The number of methoxy groups -OCH3 is 1. The van der Waals surface area contributed by atoms with Crippen LogP contribution in [0.25, 0.3) is 11.1 Å². The number of carbonyl (C=O) groups excluding carboxylic acids is 1. The van der Waals surface area contributed by atoms with E-state index in [0.29, 0.717) is 11.1 Å². The fourth-order valence-electron chi connectivity index (χ4n) is 3.22. The second-order valence-electron chi connectivity index (χ2n) is 6.45. The Balaban J connectivity index is 0.00000364.